The van der Waals surface area contributed by atoms with Gasteiger partial charge in [-0.15, -0.1) is 0 Å². The summed E-state index contributed by atoms with van der Waals surface area (Å²) in [6, 6.07) is 11.1. The normalized spacial score (nSPS) is 10.5. The minimum Gasteiger partial charge on any atom is -0.450 e. The molecule has 0 saturated heterocycles. The van der Waals surface area contributed by atoms with Crippen LogP contribution < -0.4 is 10.7 Å². The van der Waals surface area contributed by atoms with Gasteiger partial charge < -0.3 is 14.5 Å². The summed E-state index contributed by atoms with van der Waals surface area (Å²) >= 11 is 5.61. The second-order valence-electron chi connectivity index (χ2n) is 5.22. The van der Waals surface area contributed by atoms with Gasteiger partial charge in [0.15, 0.2) is 12.0 Å². The van der Waals surface area contributed by atoms with Crippen molar-refractivity contribution in [1.82, 2.24) is 0 Å². The number of hydrogen-bond acceptors (Lipinski definition) is 5. The van der Waals surface area contributed by atoms with Crippen LogP contribution in [0.15, 0.2) is 57.7 Å². The molecule has 0 unspecified atom stereocenters. The van der Waals surface area contributed by atoms with Gasteiger partial charge in [0, 0.05) is 11.8 Å². The number of benzene rings is 2. The lowest BCUT2D eigenvalue weighted by Gasteiger charge is -2.07. The fraction of sp³-hybridized carbons (Fsp3) is 0.0556. The van der Waals surface area contributed by atoms with Gasteiger partial charge in [-0.1, -0.05) is 23.7 Å². The Kier molecular flexibility index (Phi) is 4.99. The first-order chi connectivity index (χ1) is 12.4. The molecule has 0 aliphatic rings. The molecule has 1 N–H and O–H groups in total. The molecule has 1 heterocycles. The summed E-state index contributed by atoms with van der Waals surface area (Å²) in [5.41, 5.74) is 0.0799. The maximum absolute atomic E-state index is 13.1. The lowest BCUT2D eigenvalue weighted by atomic mass is 10.2. The molecule has 0 bridgehead atoms. The Labute approximate surface area is 151 Å². The van der Waals surface area contributed by atoms with E-state index in [4.69, 9.17) is 20.8 Å². The number of carbonyl (C=O) groups excluding carboxylic acids is 2. The molecular formula is C18H11ClFNO5. The number of halogens is 2. The molecule has 3 rings (SSSR count). The molecule has 8 heteroatoms. The van der Waals surface area contributed by atoms with Gasteiger partial charge in [0.2, 0.25) is 5.76 Å². The van der Waals surface area contributed by atoms with Gasteiger partial charge in [-0.25, -0.2) is 9.18 Å². The molecule has 0 aliphatic carbocycles. The Balaban J connectivity index is 1.65. The van der Waals surface area contributed by atoms with E-state index < -0.39 is 29.7 Å². The maximum atomic E-state index is 13.1. The van der Waals surface area contributed by atoms with Gasteiger partial charge in [-0.05, 0) is 30.3 Å². The Morgan fingerprint density at radius 1 is 1.15 bits per heavy atom. The Hall–Kier alpha value is -3.19. The van der Waals surface area contributed by atoms with Gasteiger partial charge in [0.25, 0.3) is 5.91 Å². The topological polar surface area (TPSA) is 85.6 Å². The highest BCUT2D eigenvalue weighted by Gasteiger charge is 2.15. The zero-order chi connectivity index (χ0) is 18.7. The van der Waals surface area contributed by atoms with E-state index in [1.54, 1.807) is 24.3 Å². The van der Waals surface area contributed by atoms with Gasteiger partial charge in [-0.3, -0.25) is 9.59 Å². The average molecular weight is 376 g/mol. The van der Waals surface area contributed by atoms with Crippen LogP contribution in [0.3, 0.4) is 0 Å². The molecule has 2 aromatic carbocycles. The molecule has 0 atom stereocenters. The maximum Gasteiger partial charge on any atom is 0.374 e. The van der Waals surface area contributed by atoms with Crippen LogP contribution in [0, 0.1) is 5.82 Å². The highest BCUT2D eigenvalue weighted by atomic mass is 35.5. The van der Waals surface area contributed by atoms with E-state index >= 15 is 0 Å². The highest BCUT2D eigenvalue weighted by molar-refractivity contribution is 6.31. The van der Waals surface area contributed by atoms with E-state index in [9.17, 15) is 18.8 Å². The van der Waals surface area contributed by atoms with E-state index in [1.807, 2.05) is 0 Å². The monoisotopic (exact) mass is 375 g/mol. The van der Waals surface area contributed by atoms with E-state index in [2.05, 4.69) is 5.32 Å². The number of esters is 1. The quantitative estimate of drug-likeness (QED) is 0.706. The second-order valence-corrected chi connectivity index (χ2v) is 5.63. The SMILES string of the molecule is O=C(COC(=O)c1cc(=O)c2ccccc2o1)Nc1ccc(F)c(Cl)c1. The number of anilines is 1. The minimum atomic E-state index is -0.958. The predicted octanol–water partition coefficient (Wildman–Crippen LogP) is 3.38. The molecule has 6 nitrogen and oxygen atoms in total. The predicted molar refractivity (Wildman–Crippen MR) is 92.8 cm³/mol. The molecule has 26 heavy (non-hydrogen) atoms. The molecule has 1 amide bonds. The standard InChI is InChI=1S/C18H11ClFNO5/c19-12-7-10(5-6-13(12)20)21-17(23)9-25-18(24)16-8-14(22)11-3-1-2-4-15(11)26-16/h1-8H,9H2,(H,21,23). The van der Waals surface area contributed by atoms with Crippen molar-refractivity contribution in [1.29, 1.82) is 0 Å². The first kappa shape index (κ1) is 17.6. The lowest BCUT2D eigenvalue weighted by molar-refractivity contribution is -0.119. The van der Waals surface area contributed by atoms with Crippen LogP contribution in [0.25, 0.3) is 11.0 Å². The summed E-state index contributed by atoms with van der Waals surface area (Å²) in [5, 5.41) is 2.57. The van der Waals surface area contributed by atoms with Crippen molar-refractivity contribution in [2.45, 2.75) is 0 Å². The summed E-state index contributed by atoms with van der Waals surface area (Å²) < 4.78 is 23.2. The van der Waals surface area contributed by atoms with E-state index in [0.29, 0.717) is 5.39 Å². The molecule has 0 spiro atoms. The largest absolute Gasteiger partial charge is 0.450 e. The second kappa shape index (κ2) is 7.37. The third-order valence-electron chi connectivity index (χ3n) is 3.37. The average Bonchev–Trinajstić information content (AvgIpc) is 2.63. The van der Waals surface area contributed by atoms with E-state index in [0.717, 1.165) is 12.1 Å². The molecular weight excluding hydrogens is 365 g/mol. The molecule has 0 saturated carbocycles. The number of amides is 1. The van der Waals surface area contributed by atoms with Crippen LogP contribution in [0.2, 0.25) is 5.02 Å². The molecule has 0 aliphatic heterocycles. The third kappa shape index (κ3) is 3.89. The smallest absolute Gasteiger partial charge is 0.374 e. The summed E-state index contributed by atoms with van der Waals surface area (Å²) in [6.07, 6.45) is 0. The lowest BCUT2D eigenvalue weighted by Crippen LogP contribution is -2.21. The number of rotatable bonds is 4. The molecule has 3 aromatic rings. The first-order valence-electron chi connectivity index (χ1n) is 7.39. The van der Waals surface area contributed by atoms with Crippen molar-refractivity contribution >= 4 is 40.1 Å². The van der Waals surface area contributed by atoms with Crippen LogP contribution >= 0.6 is 11.6 Å². The van der Waals surface area contributed by atoms with E-state index in [1.165, 1.54) is 12.1 Å². The Morgan fingerprint density at radius 2 is 1.92 bits per heavy atom. The highest BCUT2D eigenvalue weighted by Crippen LogP contribution is 2.19. The molecule has 132 valence electrons. The molecule has 0 fully saturated rings. The van der Waals surface area contributed by atoms with Crippen molar-refractivity contribution in [3.63, 3.8) is 0 Å². The fourth-order valence-corrected chi connectivity index (χ4v) is 2.36. The van der Waals surface area contributed by atoms with Gasteiger partial charge in [0.05, 0.1) is 10.4 Å². The van der Waals surface area contributed by atoms with Crippen LogP contribution in [-0.4, -0.2) is 18.5 Å². The Morgan fingerprint density at radius 3 is 2.69 bits per heavy atom. The summed E-state index contributed by atoms with van der Waals surface area (Å²) in [5.74, 6) is -2.56. The van der Waals surface area contributed by atoms with Crippen molar-refractivity contribution in [2.24, 2.45) is 0 Å². The van der Waals surface area contributed by atoms with Crippen molar-refractivity contribution in [3.05, 3.63) is 75.4 Å². The zero-order valence-corrected chi connectivity index (χ0v) is 13.9. The Bertz CT molecular complexity index is 1060. The van der Waals surface area contributed by atoms with Crippen LogP contribution in [0.4, 0.5) is 10.1 Å². The number of fused-ring (bicyclic) bond motifs is 1. The van der Waals surface area contributed by atoms with E-state index in [-0.39, 0.29) is 22.1 Å². The third-order valence-corrected chi connectivity index (χ3v) is 3.66. The van der Waals surface area contributed by atoms with Gasteiger partial charge in [0.1, 0.15) is 11.4 Å². The fourth-order valence-electron chi connectivity index (χ4n) is 2.18. The minimum absolute atomic E-state index is 0.155. The number of para-hydroxylation sites is 1. The summed E-state index contributed by atoms with van der Waals surface area (Å²) in [4.78, 5) is 35.7. The zero-order valence-electron chi connectivity index (χ0n) is 13.1. The first-order valence-corrected chi connectivity index (χ1v) is 7.77. The number of hydrogen-bond donors (Lipinski definition) is 1. The molecule has 0 radical (unpaired) electrons. The van der Waals surface area contributed by atoms with Crippen molar-refractivity contribution < 1.29 is 23.1 Å². The van der Waals surface area contributed by atoms with Crippen LogP contribution in [0.1, 0.15) is 10.6 Å². The number of ether oxygens (including phenoxy) is 1. The number of nitrogens with one attached hydrogen (secondary N) is 1. The van der Waals surface area contributed by atoms with Crippen LogP contribution in [0.5, 0.6) is 0 Å². The number of carbonyl (C=O) groups is 2. The van der Waals surface area contributed by atoms with Crippen LogP contribution in [-0.2, 0) is 9.53 Å². The van der Waals surface area contributed by atoms with Crippen molar-refractivity contribution in [2.75, 3.05) is 11.9 Å². The molecule has 1 aromatic heterocycles. The van der Waals surface area contributed by atoms with Crippen molar-refractivity contribution in [3.8, 4) is 0 Å². The van der Waals surface area contributed by atoms with Gasteiger partial charge >= 0.3 is 5.97 Å². The summed E-state index contributed by atoms with van der Waals surface area (Å²) in [7, 11) is 0. The summed E-state index contributed by atoms with van der Waals surface area (Å²) in [6.45, 7) is -0.621. The van der Waals surface area contributed by atoms with Gasteiger partial charge in [-0.2, -0.15) is 0 Å².